The van der Waals surface area contributed by atoms with Crippen LogP contribution in [0.5, 0.6) is 0 Å². The molecule has 1 fully saturated rings. The van der Waals surface area contributed by atoms with E-state index < -0.39 is 11.9 Å². The smallest absolute Gasteiger partial charge is 0.367 e. The topological polar surface area (TPSA) is 45.2 Å². The zero-order valence-electron chi connectivity index (χ0n) is 13.5. The van der Waals surface area contributed by atoms with Gasteiger partial charge in [0.05, 0.1) is 11.9 Å². The fourth-order valence-electron chi connectivity index (χ4n) is 2.76. The van der Waals surface area contributed by atoms with Crippen molar-refractivity contribution in [1.82, 2.24) is 15.0 Å². The molecule has 0 unspecified atom stereocenters. The Bertz CT molecular complexity index is 707. The zero-order valence-corrected chi connectivity index (χ0v) is 13.5. The number of aryl methyl sites for hydroxylation is 1. The van der Waals surface area contributed by atoms with Crippen LogP contribution in [0.1, 0.15) is 17.0 Å². The summed E-state index contributed by atoms with van der Waals surface area (Å²) in [5.74, 6) is 0.924. The fraction of sp³-hybridized carbons (Fsp3) is 0.438. The third-order valence-corrected chi connectivity index (χ3v) is 4.29. The lowest BCUT2D eigenvalue weighted by Gasteiger charge is -2.37. The van der Waals surface area contributed by atoms with Crippen molar-refractivity contribution < 1.29 is 13.2 Å². The van der Waals surface area contributed by atoms with Crippen molar-refractivity contribution in [3.63, 3.8) is 0 Å². The molecule has 0 aromatic carbocycles. The average Bonchev–Trinajstić information content (AvgIpc) is 2.57. The molecular formula is C16H18F3N5. The van der Waals surface area contributed by atoms with Gasteiger partial charge in [-0.25, -0.2) is 15.0 Å². The Labute approximate surface area is 138 Å². The highest BCUT2D eigenvalue weighted by atomic mass is 19.4. The lowest BCUT2D eigenvalue weighted by atomic mass is 10.2. The summed E-state index contributed by atoms with van der Waals surface area (Å²) in [6, 6.07) is 2.51. The van der Waals surface area contributed by atoms with Crippen LogP contribution >= 0.6 is 0 Å². The molecule has 0 aliphatic carbocycles. The number of pyridine rings is 1. The van der Waals surface area contributed by atoms with Crippen LogP contribution in [0.3, 0.4) is 0 Å². The fourth-order valence-corrected chi connectivity index (χ4v) is 2.76. The maximum atomic E-state index is 12.6. The zero-order chi connectivity index (χ0) is 17.3. The lowest BCUT2D eigenvalue weighted by molar-refractivity contribution is -0.141. The highest BCUT2D eigenvalue weighted by Gasteiger charge is 2.32. The highest BCUT2D eigenvalue weighted by molar-refractivity contribution is 5.51. The van der Waals surface area contributed by atoms with Gasteiger partial charge in [0.15, 0.2) is 0 Å². The molecule has 0 atom stereocenters. The SMILES string of the molecule is Cc1ncnc(N2CCN(c3ccc(C(F)(F)F)nc3)CC2)c1C. The molecular weight excluding hydrogens is 319 g/mol. The van der Waals surface area contributed by atoms with E-state index in [4.69, 9.17) is 0 Å². The molecule has 0 amide bonds. The number of hydrogen-bond acceptors (Lipinski definition) is 5. The van der Waals surface area contributed by atoms with E-state index in [9.17, 15) is 13.2 Å². The van der Waals surface area contributed by atoms with Crippen molar-refractivity contribution in [2.75, 3.05) is 36.0 Å². The predicted octanol–water partition coefficient (Wildman–Crippen LogP) is 2.83. The molecule has 1 aliphatic heterocycles. The minimum atomic E-state index is -4.40. The monoisotopic (exact) mass is 337 g/mol. The van der Waals surface area contributed by atoms with E-state index in [-0.39, 0.29) is 0 Å². The Hall–Kier alpha value is -2.38. The molecule has 0 spiro atoms. The first kappa shape index (κ1) is 16.5. The summed E-state index contributed by atoms with van der Waals surface area (Å²) in [4.78, 5) is 16.3. The van der Waals surface area contributed by atoms with Crippen molar-refractivity contribution in [2.45, 2.75) is 20.0 Å². The van der Waals surface area contributed by atoms with E-state index in [0.717, 1.165) is 36.2 Å². The van der Waals surface area contributed by atoms with E-state index >= 15 is 0 Å². The molecule has 1 aliphatic rings. The van der Waals surface area contributed by atoms with Crippen LogP contribution in [-0.2, 0) is 6.18 Å². The summed E-state index contributed by atoms with van der Waals surface area (Å²) >= 11 is 0. The number of piperazine rings is 1. The molecule has 0 N–H and O–H groups in total. The van der Waals surface area contributed by atoms with Gasteiger partial charge in [-0.3, -0.25) is 0 Å². The summed E-state index contributed by atoms with van der Waals surface area (Å²) in [7, 11) is 0. The number of hydrogen-bond donors (Lipinski definition) is 0. The maximum absolute atomic E-state index is 12.6. The standard InChI is InChI=1S/C16H18F3N5/c1-11-12(2)21-10-22-15(11)24-7-5-23(6-8-24)13-3-4-14(20-9-13)16(17,18)19/h3-4,9-10H,5-8H2,1-2H3. The minimum absolute atomic E-state index is 0.704. The van der Waals surface area contributed by atoms with E-state index in [1.165, 1.54) is 12.3 Å². The summed E-state index contributed by atoms with van der Waals surface area (Å²) in [5, 5.41) is 0. The van der Waals surface area contributed by atoms with E-state index in [2.05, 4.69) is 19.9 Å². The van der Waals surface area contributed by atoms with Crippen molar-refractivity contribution in [1.29, 1.82) is 0 Å². The second-order valence-electron chi connectivity index (χ2n) is 5.78. The van der Waals surface area contributed by atoms with Gasteiger partial charge in [0.25, 0.3) is 0 Å². The van der Waals surface area contributed by atoms with Crippen LogP contribution in [0.15, 0.2) is 24.7 Å². The first-order valence-corrected chi connectivity index (χ1v) is 7.67. The molecule has 3 heterocycles. The van der Waals surface area contributed by atoms with Gasteiger partial charge in [-0.15, -0.1) is 0 Å². The number of aromatic nitrogens is 3. The van der Waals surface area contributed by atoms with Gasteiger partial charge < -0.3 is 9.80 Å². The van der Waals surface area contributed by atoms with Crippen molar-refractivity contribution in [3.05, 3.63) is 41.6 Å². The van der Waals surface area contributed by atoms with Gasteiger partial charge in [-0.05, 0) is 26.0 Å². The number of rotatable bonds is 2. The minimum Gasteiger partial charge on any atom is -0.367 e. The number of anilines is 2. The molecule has 128 valence electrons. The van der Waals surface area contributed by atoms with Crippen LogP contribution in [0.2, 0.25) is 0 Å². The Morgan fingerprint density at radius 3 is 2.17 bits per heavy atom. The van der Waals surface area contributed by atoms with Gasteiger partial charge in [0.2, 0.25) is 0 Å². The maximum Gasteiger partial charge on any atom is 0.433 e. The van der Waals surface area contributed by atoms with Crippen LogP contribution in [-0.4, -0.2) is 41.1 Å². The highest BCUT2D eigenvalue weighted by Crippen LogP contribution is 2.29. The number of halogens is 3. The van der Waals surface area contributed by atoms with Crippen molar-refractivity contribution in [2.24, 2.45) is 0 Å². The summed E-state index contributed by atoms with van der Waals surface area (Å²) in [6.45, 7) is 6.85. The Kier molecular flexibility index (Phi) is 4.29. The molecule has 1 saturated heterocycles. The molecule has 0 bridgehead atoms. The van der Waals surface area contributed by atoms with Crippen LogP contribution in [0, 0.1) is 13.8 Å². The summed E-state index contributed by atoms with van der Waals surface area (Å²) in [6.07, 6.45) is -1.55. The predicted molar refractivity (Wildman–Crippen MR) is 85.2 cm³/mol. The van der Waals surface area contributed by atoms with Crippen LogP contribution < -0.4 is 9.80 Å². The summed E-state index contributed by atoms with van der Waals surface area (Å²) < 4.78 is 37.7. The molecule has 0 radical (unpaired) electrons. The largest absolute Gasteiger partial charge is 0.433 e. The molecule has 0 saturated carbocycles. The molecule has 8 heteroatoms. The molecule has 5 nitrogen and oxygen atoms in total. The van der Waals surface area contributed by atoms with Gasteiger partial charge in [0.1, 0.15) is 17.8 Å². The summed E-state index contributed by atoms with van der Waals surface area (Å²) in [5.41, 5.74) is 1.85. The quantitative estimate of drug-likeness (QED) is 0.843. The van der Waals surface area contributed by atoms with Crippen molar-refractivity contribution >= 4 is 11.5 Å². The van der Waals surface area contributed by atoms with E-state index in [1.54, 1.807) is 6.33 Å². The molecule has 24 heavy (non-hydrogen) atoms. The van der Waals surface area contributed by atoms with Crippen LogP contribution in [0.25, 0.3) is 0 Å². The van der Waals surface area contributed by atoms with E-state index in [1.807, 2.05) is 18.7 Å². The lowest BCUT2D eigenvalue weighted by Crippen LogP contribution is -2.47. The third kappa shape index (κ3) is 3.27. The Morgan fingerprint density at radius 2 is 1.58 bits per heavy atom. The van der Waals surface area contributed by atoms with E-state index in [0.29, 0.717) is 18.8 Å². The first-order valence-electron chi connectivity index (χ1n) is 7.67. The average molecular weight is 337 g/mol. The third-order valence-electron chi connectivity index (χ3n) is 4.29. The Morgan fingerprint density at radius 1 is 0.917 bits per heavy atom. The second kappa shape index (κ2) is 6.26. The van der Waals surface area contributed by atoms with Crippen molar-refractivity contribution in [3.8, 4) is 0 Å². The van der Waals surface area contributed by atoms with Gasteiger partial charge in [-0.2, -0.15) is 13.2 Å². The van der Waals surface area contributed by atoms with Gasteiger partial charge in [0, 0.05) is 37.4 Å². The first-order chi connectivity index (χ1) is 11.4. The molecule has 3 rings (SSSR count). The number of alkyl halides is 3. The number of nitrogens with zero attached hydrogens (tertiary/aromatic N) is 5. The normalized spacial score (nSPS) is 15.7. The molecule has 2 aromatic heterocycles. The second-order valence-corrected chi connectivity index (χ2v) is 5.78. The van der Waals surface area contributed by atoms with Gasteiger partial charge in [-0.1, -0.05) is 0 Å². The molecule has 2 aromatic rings. The Balaban J connectivity index is 1.68. The van der Waals surface area contributed by atoms with Crippen LogP contribution in [0.4, 0.5) is 24.7 Å². The van der Waals surface area contributed by atoms with Gasteiger partial charge >= 0.3 is 6.18 Å².